The Morgan fingerprint density at radius 2 is 1.79 bits per heavy atom. The number of amides is 4. The highest BCUT2D eigenvalue weighted by atomic mass is 16.5. The second-order valence-electron chi connectivity index (χ2n) is 13.6. The average Bonchev–Trinajstić information content (AvgIpc) is 3.69. The molecule has 11 nitrogen and oxygen atoms in total. The van der Waals surface area contributed by atoms with Crippen LogP contribution in [0.4, 0.5) is 0 Å². The number of nitrogens with one attached hydrogen (secondary N) is 4. The summed E-state index contributed by atoms with van der Waals surface area (Å²) in [5.41, 5.74) is 2.62. The van der Waals surface area contributed by atoms with Crippen molar-refractivity contribution in [2.45, 2.75) is 77.0 Å². The second kappa shape index (κ2) is 14.0. The molecule has 252 valence electrons. The third kappa shape index (κ3) is 7.00. The van der Waals surface area contributed by atoms with Crippen LogP contribution >= 0.6 is 0 Å². The smallest absolute Gasteiger partial charge is 0.270 e. The van der Waals surface area contributed by atoms with Crippen LogP contribution in [0.5, 0.6) is 5.75 Å². The van der Waals surface area contributed by atoms with Crippen LogP contribution in [0.25, 0.3) is 21.8 Å². The Kier molecular flexibility index (Phi) is 9.66. The van der Waals surface area contributed by atoms with Crippen molar-refractivity contribution in [3.05, 3.63) is 72.1 Å². The van der Waals surface area contributed by atoms with Gasteiger partial charge in [0.25, 0.3) is 5.91 Å². The highest BCUT2D eigenvalue weighted by molar-refractivity contribution is 5.98. The summed E-state index contributed by atoms with van der Waals surface area (Å²) in [6.07, 6.45) is 4.09. The number of benzene rings is 2. The molecule has 0 radical (unpaired) electrons. The van der Waals surface area contributed by atoms with Gasteiger partial charge in [-0.05, 0) is 54.9 Å². The maximum absolute atomic E-state index is 14.5. The van der Waals surface area contributed by atoms with E-state index in [4.69, 9.17) is 4.74 Å². The number of methoxy groups -OCH3 is 1. The molecule has 2 aromatic heterocycles. The average molecular weight is 653 g/mol. The maximum atomic E-state index is 14.5. The van der Waals surface area contributed by atoms with Gasteiger partial charge in [0.05, 0.1) is 12.6 Å². The molecular formula is C37H44N6O5. The van der Waals surface area contributed by atoms with E-state index in [2.05, 4.69) is 39.8 Å². The number of nitrogens with zero attached hydrogens (tertiary/aromatic N) is 2. The molecule has 11 heteroatoms. The van der Waals surface area contributed by atoms with Crippen molar-refractivity contribution in [3.63, 3.8) is 0 Å². The molecule has 2 aromatic carbocycles. The Hall–Kier alpha value is -4.93. The van der Waals surface area contributed by atoms with Crippen molar-refractivity contribution in [3.8, 4) is 5.75 Å². The standard InChI is InChI=1S/C37H44N6O5/c1-21(2)27-14-13-22(3)15-34(44)41-31(16-23-19-38-28-11-7-5-9-25(23)28)37(47)43-20-24(17-32(43)36(46)42-27)39-35(45)30-18-33(48-4)26-10-6-8-12-29(26)40-30/h5-12,18-19,21-22,24,27,31-32,38H,13-17,20H2,1-4H3,(H,39,45)(H,41,44)(H,42,46)/t22-,24-,27+,31-,32+/m1/s1. The lowest BCUT2D eigenvalue weighted by Crippen LogP contribution is -2.55. The molecule has 0 aliphatic carbocycles. The van der Waals surface area contributed by atoms with E-state index in [1.165, 1.54) is 4.90 Å². The van der Waals surface area contributed by atoms with Crippen molar-refractivity contribution in [1.82, 2.24) is 30.8 Å². The highest BCUT2D eigenvalue weighted by Crippen LogP contribution is 2.27. The minimum Gasteiger partial charge on any atom is -0.496 e. The van der Waals surface area contributed by atoms with Gasteiger partial charge in [-0.3, -0.25) is 19.2 Å². The number of ether oxygens (including phenoxy) is 1. The van der Waals surface area contributed by atoms with E-state index < -0.39 is 24.0 Å². The van der Waals surface area contributed by atoms with E-state index in [0.717, 1.165) is 28.3 Å². The van der Waals surface area contributed by atoms with Crippen molar-refractivity contribution in [1.29, 1.82) is 0 Å². The fraction of sp³-hybridized carbons (Fsp3) is 0.432. The summed E-state index contributed by atoms with van der Waals surface area (Å²) in [5, 5.41) is 11.0. The minimum atomic E-state index is -0.901. The van der Waals surface area contributed by atoms with Gasteiger partial charge in [-0.25, -0.2) is 4.98 Å². The summed E-state index contributed by atoms with van der Waals surface area (Å²) >= 11 is 0. The quantitative estimate of drug-likeness (QED) is 0.247. The van der Waals surface area contributed by atoms with Gasteiger partial charge in [-0.2, -0.15) is 0 Å². The van der Waals surface area contributed by atoms with Crippen molar-refractivity contribution in [2.24, 2.45) is 11.8 Å². The molecule has 4 aromatic rings. The van der Waals surface area contributed by atoms with E-state index in [0.29, 0.717) is 17.7 Å². The zero-order valence-corrected chi connectivity index (χ0v) is 27.9. The van der Waals surface area contributed by atoms with Gasteiger partial charge in [0.15, 0.2) is 0 Å². The Bertz CT molecular complexity index is 1840. The van der Waals surface area contributed by atoms with Gasteiger partial charge in [0, 0.05) is 60.0 Å². The van der Waals surface area contributed by atoms with Gasteiger partial charge in [-0.15, -0.1) is 0 Å². The zero-order chi connectivity index (χ0) is 33.9. The molecule has 2 fully saturated rings. The summed E-state index contributed by atoms with van der Waals surface area (Å²) in [5.74, 6) is -0.476. The van der Waals surface area contributed by atoms with E-state index >= 15 is 0 Å². The van der Waals surface area contributed by atoms with Crippen LogP contribution < -0.4 is 20.7 Å². The molecule has 0 bridgehead atoms. The van der Waals surface area contributed by atoms with Gasteiger partial charge in [0.1, 0.15) is 23.5 Å². The van der Waals surface area contributed by atoms with Crippen LogP contribution in [0, 0.1) is 11.8 Å². The third-order valence-electron chi connectivity index (χ3n) is 9.72. The second-order valence-corrected chi connectivity index (χ2v) is 13.6. The van der Waals surface area contributed by atoms with E-state index in [1.807, 2.05) is 61.7 Å². The number of rotatable bonds is 6. The molecule has 0 saturated carbocycles. The number of fused-ring (bicyclic) bond motifs is 3. The predicted octanol–water partition coefficient (Wildman–Crippen LogP) is 4.11. The first-order valence-electron chi connectivity index (χ1n) is 16.8. The topological polar surface area (TPSA) is 146 Å². The molecule has 48 heavy (non-hydrogen) atoms. The lowest BCUT2D eigenvalue weighted by molar-refractivity contribution is -0.141. The van der Waals surface area contributed by atoms with E-state index in [1.54, 1.807) is 13.2 Å². The summed E-state index contributed by atoms with van der Waals surface area (Å²) in [6.45, 7) is 6.25. The Labute approximate surface area is 280 Å². The first-order chi connectivity index (χ1) is 23.1. The molecule has 2 aliphatic rings. The van der Waals surface area contributed by atoms with Crippen LogP contribution in [0.15, 0.2) is 60.8 Å². The summed E-state index contributed by atoms with van der Waals surface area (Å²) in [4.78, 5) is 64.8. The number of carbonyl (C=O) groups excluding carboxylic acids is 4. The fourth-order valence-corrected chi connectivity index (χ4v) is 7.03. The summed E-state index contributed by atoms with van der Waals surface area (Å²) < 4.78 is 5.54. The monoisotopic (exact) mass is 652 g/mol. The fourth-order valence-electron chi connectivity index (χ4n) is 7.03. The van der Waals surface area contributed by atoms with Crippen LogP contribution in [0.1, 0.15) is 62.5 Å². The van der Waals surface area contributed by atoms with Crippen LogP contribution in [-0.2, 0) is 20.8 Å². The maximum Gasteiger partial charge on any atom is 0.270 e. The van der Waals surface area contributed by atoms with E-state index in [9.17, 15) is 19.2 Å². The first-order valence-corrected chi connectivity index (χ1v) is 16.8. The highest BCUT2D eigenvalue weighted by Gasteiger charge is 2.43. The largest absolute Gasteiger partial charge is 0.496 e. The molecular weight excluding hydrogens is 608 g/mol. The molecule has 0 unspecified atom stereocenters. The molecule has 6 rings (SSSR count). The van der Waals surface area contributed by atoms with Crippen molar-refractivity contribution < 1.29 is 23.9 Å². The summed E-state index contributed by atoms with van der Waals surface area (Å²) in [6, 6.07) is 14.5. The van der Waals surface area contributed by atoms with Gasteiger partial charge >= 0.3 is 0 Å². The van der Waals surface area contributed by atoms with Crippen molar-refractivity contribution in [2.75, 3.05) is 13.7 Å². The molecule has 4 N–H and O–H groups in total. The molecule has 4 heterocycles. The number of H-pyrrole nitrogens is 1. The first kappa shape index (κ1) is 33.0. The lowest BCUT2D eigenvalue weighted by Gasteiger charge is -2.30. The Morgan fingerprint density at radius 1 is 1.04 bits per heavy atom. The SMILES string of the molecule is COc1cc(C(=O)N[C@@H]2C[C@H]3C(=O)N[C@H](C(C)C)CC[C@@H](C)CC(=O)N[C@H](Cc4c[nH]c5ccccc45)C(=O)N3C2)nc2ccccc12. The molecule has 5 atom stereocenters. The Balaban J connectivity index is 1.30. The lowest BCUT2D eigenvalue weighted by atomic mass is 9.92. The van der Waals surface area contributed by atoms with Crippen LogP contribution in [-0.4, -0.2) is 76.3 Å². The number of carbonyl (C=O) groups is 4. The van der Waals surface area contributed by atoms with Gasteiger partial charge < -0.3 is 30.6 Å². The molecule has 0 spiro atoms. The number of hydrogen-bond acceptors (Lipinski definition) is 6. The molecule has 2 aliphatic heterocycles. The Morgan fingerprint density at radius 3 is 2.56 bits per heavy atom. The molecule has 2 saturated heterocycles. The van der Waals surface area contributed by atoms with E-state index in [-0.39, 0.29) is 67.1 Å². The predicted molar refractivity (Wildman–Crippen MR) is 183 cm³/mol. The van der Waals surface area contributed by atoms with Gasteiger partial charge in [-0.1, -0.05) is 51.1 Å². The number of pyridine rings is 1. The van der Waals surface area contributed by atoms with Crippen LogP contribution in [0.3, 0.4) is 0 Å². The number of aromatic amines is 1. The van der Waals surface area contributed by atoms with Crippen LogP contribution in [0.2, 0.25) is 0 Å². The number of hydrogen-bond donors (Lipinski definition) is 4. The molecule has 4 amide bonds. The normalized spacial score (nSPS) is 24.0. The zero-order valence-electron chi connectivity index (χ0n) is 27.9. The van der Waals surface area contributed by atoms with Gasteiger partial charge in [0.2, 0.25) is 17.7 Å². The number of para-hydroxylation sites is 2. The summed E-state index contributed by atoms with van der Waals surface area (Å²) in [7, 11) is 1.54. The minimum absolute atomic E-state index is 0.0782. The number of aromatic nitrogens is 2. The van der Waals surface area contributed by atoms with Crippen molar-refractivity contribution >= 4 is 45.4 Å². The third-order valence-corrected chi connectivity index (χ3v) is 9.72.